The van der Waals surface area contributed by atoms with E-state index in [1.807, 2.05) is 24.3 Å². The minimum Gasteiger partial charge on any atom is -0.494 e. The number of ether oxygens (including phenoxy) is 2. The molecule has 4 rings (SSSR count). The molecule has 3 aromatic rings. The summed E-state index contributed by atoms with van der Waals surface area (Å²) in [5.74, 6) is 0.528. The van der Waals surface area contributed by atoms with Crippen LogP contribution in [0.2, 0.25) is 10.0 Å². The third-order valence-corrected chi connectivity index (χ3v) is 5.98. The number of pyridine rings is 1. The molecule has 0 saturated carbocycles. The number of rotatable bonds is 4. The average molecular weight is 431 g/mol. The van der Waals surface area contributed by atoms with Gasteiger partial charge in [-0.1, -0.05) is 29.3 Å². The lowest BCUT2D eigenvalue weighted by molar-refractivity contribution is -0.125. The van der Waals surface area contributed by atoms with Gasteiger partial charge in [-0.3, -0.25) is 9.78 Å². The van der Waals surface area contributed by atoms with E-state index in [1.165, 1.54) is 0 Å². The summed E-state index contributed by atoms with van der Waals surface area (Å²) >= 11 is 12.6. The zero-order valence-electron chi connectivity index (χ0n) is 15.9. The van der Waals surface area contributed by atoms with Gasteiger partial charge >= 0.3 is 0 Å². The molecule has 2 heterocycles. The van der Waals surface area contributed by atoms with Crippen molar-refractivity contribution in [1.29, 1.82) is 0 Å². The number of hydrogen-bond acceptors (Lipinski definition) is 4. The van der Waals surface area contributed by atoms with Crippen LogP contribution >= 0.6 is 23.2 Å². The molecule has 0 aliphatic carbocycles. The topological polar surface area (TPSA) is 60.5 Å². The Hall–Kier alpha value is -2.34. The fourth-order valence-electron chi connectivity index (χ4n) is 3.88. The van der Waals surface area contributed by atoms with Gasteiger partial charge in [0.25, 0.3) is 0 Å². The lowest BCUT2D eigenvalue weighted by Crippen LogP contribution is -2.45. The van der Waals surface area contributed by atoms with Crippen molar-refractivity contribution in [1.82, 2.24) is 4.98 Å². The van der Waals surface area contributed by atoms with Gasteiger partial charge in [-0.05, 0) is 54.8 Å². The Balaban J connectivity index is 1.76. The van der Waals surface area contributed by atoms with Crippen molar-refractivity contribution in [3.63, 3.8) is 0 Å². The number of anilines is 1. The Kier molecular flexibility index (Phi) is 5.63. The highest BCUT2D eigenvalue weighted by molar-refractivity contribution is 6.35. The van der Waals surface area contributed by atoms with E-state index in [1.54, 1.807) is 31.5 Å². The number of carbonyl (C=O) groups excluding carboxylic acids is 1. The molecule has 0 radical (unpaired) electrons. The van der Waals surface area contributed by atoms with Crippen molar-refractivity contribution in [2.45, 2.75) is 18.3 Å². The standard InChI is InChI=1S/C22H20Cl2N2O3/c1-28-19-7-6-18(15-3-2-10-25-20(15)19)26-21(27)22(8-11-29-12-9-22)16-5-4-14(23)13-17(16)24/h2-7,10,13H,8-9,11-12H2,1H3,(H,26,27). The average Bonchev–Trinajstić information content (AvgIpc) is 2.74. The Morgan fingerprint density at radius 2 is 1.97 bits per heavy atom. The zero-order chi connectivity index (χ0) is 20.4. The van der Waals surface area contributed by atoms with E-state index < -0.39 is 5.41 Å². The summed E-state index contributed by atoms with van der Waals surface area (Å²) in [6.07, 6.45) is 2.77. The molecule has 1 fully saturated rings. The maximum absolute atomic E-state index is 13.6. The Labute approximate surface area is 178 Å². The monoisotopic (exact) mass is 430 g/mol. The molecular weight excluding hydrogens is 411 g/mol. The summed E-state index contributed by atoms with van der Waals surface area (Å²) in [6, 6.07) is 12.6. The summed E-state index contributed by atoms with van der Waals surface area (Å²) in [6.45, 7) is 0.967. The van der Waals surface area contributed by atoms with Crippen LogP contribution in [-0.2, 0) is 14.9 Å². The fraction of sp³-hybridized carbons (Fsp3) is 0.273. The molecule has 0 spiro atoms. The number of halogens is 2. The van der Waals surface area contributed by atoms with Crippen LogP contribution in [0.25, 0.3) is 10.9 Å². The molecule has 1 aliphatic heterocycles. The second-order valence-corrected chi connectivity index (χ2v) is 7.83. The third kappa shape index (κ3) is 3.66. The first-order valence-corrected chi connectivity index (χ1v) is 10.1. The second-order valence-electron chi connectivity index (χ2n) is 6.99. The highest BCUT2D eigenvalue weighted by atomic mass is 35.5. The van der Waals surface area contributed by atoms with E-state index >= 15 is 0 Å². The second kappa shape index (κ2) is 8.19. The van der Waals surface area contributed by atoms with Crippen molar-refractivity contribution in [3.8, 4) is 5.75 Å². The van der Waals surface area contributed by atoms with Crippen LogP contribution in [0.15, 0.2) is 48.7 Å². The van der Waals surface area contributed by atoms with Gasteiger partial charge in [-0.15, -0.1) is 0 Å². The third-order valence-electron chi connectivity index (χ3n) is 5.43. The van der Waals surface area contributed by atoms with E-state index in [4.69, 9.17) is 32.7 Å². The quantitative estimate of drug-likeness (QED) is 0.614. The van der Waals surface area contributed by atoms with Crippen molar-refractivity contribution < 1.29 is 14.3 Å². The number of nitrogens with one attached hydrogen (secondary N) is 1. The SMILES string of the molecule is COc1ccc(NC(=O)C2(c3ccc(Cl)cc3Cl)CCOCC2)c2cccnc12. The highest BCUT2D eigenvalue weighted by Crippen LogP contribution is 2.41. The van der Waals surface area contributed by atoms with Crippen LogP contribution in [0.1, 0.15) is 18.4 Å². The predicted octanol–water partition coefficient (Wildman–Crippen LogP) is 5.24. The van der Waals surface area contributed by atoms with Crippen LogP contribution in [0.4, 0.5) is 5.69 Å². The van der Waals surface area contributed by atoms with Gasteiger partial charge in [0.15, 0.2) is 0 Å². The van der Waals surface area contributed by atoms with Gasteiger partial charge in [-0.2, -0.15) is 0 Å². The van der Waals surface area contributed by atoms with Crippen LogP contribution in [0.3, 0.4) is 0 Å². The van der Waals surface area contributed by atoms with Gasteiger partial charge in [0.1, 0.15) is 11.3 Å². The molecule has 1 saturated heterocycles. The lowest BCUT2D eigenvalue weighted by Gasteiger charge is -2.37. The fourth-order valence-corrected chi connectivity index (χ4v) is 4.47. The molecular formula is C22H20Cl2N2O3. The summed E-state index contributed by atoms with van der Waals surface area (Å²) < 4.78 is 10.9. The minimum absolute atomic E-state index is 0.125. The minimum atomic E-state index is -0.797. The Morgan fingerprint density at radius 1 is 1.17 bits per heavy atom. The van der Waals surface area contributed by atoms with E-state index in [0.29, 0.717) is 53.1 Å². The number of fused-ring (bicyclic) bond motifs is 1. The van der Waals surface area contributed by atoms with Gasteiger partial charge in [0, 0.05) is 34.8 Å². The molecule has 1 amide bonds. The van der Waals surface area contributed by atoms with Gasteiger partial charge in [0.2, 0.25) is 5.91 Å². The number of hydrogen-bond donors (Lipinski definition) is 1. The number of methoxy groups -OCH3 is 1. The number of aromatic nitrogens is 1. The number of amides is 1. The molecule has 0 atom stereocenters. The van der Waals surface area contributed by atoms with Crippen molar-refractivity contribution in [2.75, 3.05) is 25.6 Å². The van der Waals surface area contributed by atoms with Crippen LogP contribution < -0.4 is 10.1 Å². The maximum Gasteiger partial charge on any atom is 0.235 e. The molecule has 0 bridgehead atoms. The summed E-state index contributed by atoms with van der Waals surface area (Å²) in [7, 11) is 1.60. The molecule has 150 valence electrons. The maximum atomic E-state index is 13.6. The highest BCUT2D eigenvalue weighted by Gasteiger charge is 2.43. The van der Waals surface area contributed by atoms with E-state index in [0.717, 1.165) is 10.9 Å². The Bertz CT molecular complexity index is 1070. The van der Waals surface area contributed by atoms with Gasteiger partial charge in [0.05, 0.1) is 18.2 Å². The molecule has 2 aromatic carbocycles. The lowest BCUT2D eigenvalue weighted by atomic mass is 9.73. The molecule has 1 aromatic heterocycles. The molecule has 29 heavy (non-hydrogen) atoms. The number of benzene rings is 2. The summed E-state index contributed by atoms with van der Waals surface area (Å²) in [5, 5.41) is 4.93. The zero-order valence-corrected chi connectivity index (χ0v) is 17.4. The van der Waals surface area contributed by atoms with Crippen molar-refractivity contribution in [2.24, 2.45) is 0 Å². The largest absolute Gasteiger partial charge is 0.494 e. The van der Waals surface area contributed by atoms with Crippen LogP contribution in [0.5, 0.6) is 5.75 Å². The van der Waals surface area contributed by atoms with E-state index in [-0.39, 0.29) is 5.91 Å². The summed E-state index contributed by atoms with van der Waals surface area (Å²) in [5.41, 5.74) is 1.34. The molecule has 7 heteroatoms. The van der Waals surface area contributed by atoms with Gasteiger partial charge in [-0.25, -0.2) is 0 Å². The first-order chi connectivity index (χ1) is 14.0. The van der Waals surface area contributed by atoms with Crippen molar-refractivity contribution >= 4 is 45.7 Å². The van der Waals surface area contributed by atoms with Gasteiger partial charge < -0.3 is 14.8 Å². The van der Waals surface area contributed by atoms with E-state index in [2.05, 4.69) is 10.3 Å². The first kappa shape index (κ1) is 20.0. The summed E-state index contributed by atoms with van der Waals surface area (Å²) in [4.78, 5) is 18.0. The first-order valence-electron chi connectivity index (χ1n) is 9.31. The normalized spacial score (nSPS) is 15.8. The van der Waals surface area contributed by atoms with Crippen LogP contribution in [0, 0.1) is 0 Å². The molecule has 1 N–H and O–H groups in total. The van der Waals surface area contributed by atoms with E-state index in [9.17, 15) is 4.79 Å². The molecule has 5 nitrogen and oxygen atoms in total. The number of carbonyl (C=O) groups is 1. The van der Waals surface area contributed by atoms with Crippen molar-refractivity contribution in [3.05, 3.63) is 64.3 Å². The van der Waals surface area contributed by atoms with Crippen LogP contribution in [-0.4, -0.2) is 31.2 Å². The number of nitrogens with zero attached hydrogens (tertiary/aromatic N) is 1. The smallest absolute Gasteiger partial charge is 0.235 e. The Morgan fingerprint density at radius 3 is 2.69 bits per heavy atom. The molecule has 1 aliphatic rings. The molecule has 0 unspecified atom stereocenters. The predicted molar refractivity (Wildman–Crippen MR) is 115 cm³/mol.